The van der Waals surface area contributed by atoms with Crippen molar-refractivity contribution >= 4 is 27.5 Å². The summed E-state index contributed by atoms with van der Waals surface area (Å²) in [4.78, 5) is 15.4. The summed E-state index contributed by atoms with van der Waals surface area (Å²) in [5.41, 5.74) is 5.58. The number of aliphatic carboxylic acids is 1. The van der Waals surface area contributed by atoms with Gasteiger partial charge in [-0.2, -0.15) is 0 Å². The molecule has 0 saturated heterocycles. The molecule has 1 saturated carbocycles. The molecule has 16 heavy (non-hydrogen) atoms. The Balaban J connectivity index is 2.00. The monoisotopic (exact) mass is 234 g/mol. The van der Waals surface area contributed by atoms with Gasteiger partial charge < -0.3 is 10.8 Å². The van der Waals surface area contributed by atoms with Crippen LogP contribution in [0.4, 0.5) is 0 Å². The van der Waals surface area contributed by atoms with Gasteiger partial charge in [0.1, 0.15) is 5.54 Å². The summed E-state index contributed by atoms with van der Waals surface area (Å²) in [7, 11) is 0. The van der Waals surface area contributed by atoms with Crippen LogP contribution in [0.15, 0.2) is 24.3 Å². The molecular weight excluding hydrogens is 224 g/mol. The summed E-state index contributed by atoms with van der Waals surface area (Å²) >= 11 is 1.53. The number of benzene rings is 1. The Labute approximate surface area is 95.7 Å². The maximum absolute atomic E-state index is 10.9. The Bertz CT molecular complexity index is 547. The zero-order valence-corrected chi connectivity index (χ0v) is 9.20. The van der Waals surface area contributed by atoms with Crippen molar-refractivity contribution in [2.24, 2.45) is 5.73 Å². The second kappa shape index (κ2) is 3.02. The molecule has 0 aliphatic heterocycles. The molecule has 82 valence electrons. The van der Waals surface area contributed by atoms with Crippen LogP contribution in [-0.4, -0.2) is 21.6 Å². The third kappa shape index (κ3) is 1.25. The van der Waals surface area contributed by atoms with Gasteiger partial charge >= 0.3 is 5.97 Å². The van der Waals surface area contributed by atoms with Crippen LogP contribution < -0.4 is 5.73 Å². The number of carboxylic acid groups (broad SMARTS) is 1. The number of nitrogens with two attached hydrogens (primary N) is 1. The molecule has 1 aliphatic carbocycles. The molecule has 0 unspecified atom stereocenters. The normalized spacial score (nSPS) is 28.2. The van der Waals surface area contributed by atoms with Crippen LogP contribution in [0.2, 0.25) is 0 Å². The van der Waals surface area contributed by atoms with Crippen LogP contribution >= 0.6 is 11.3 Å². The van der Waals surface area contributed by atoms with Crippen LogP contribution in [0, 0.1) is 0 Å². The number of hydrogen-bond acceptors (Lipinski definition) is 4. The summed E-state index contributed by atoms with van der Waals surface area (Å²) in [6, 6.07) is 7.78. The van der Waals surface area contributed by atoms with Gasteiger partial charge in [0.05, 0.1) is 15.2 Å². The van der Waals surface area contributed by atoms with Crippen molar-refractivity contribution in [2.75, 3.05) is 0 Å². The summed E-state index contributed by atoms with van der Waals surface area (Å²) < 4.78 is 1.08. The number of fused-ring (bicyclic) bond motifs is 1. The molecule has 0 spiro atoms. The first kappa shape index (κ1) is 9.74. The second-order valence-electron chi connectivity index (χ2n) is 4.12. The first-order valence-electron chi connectivity index (χ1n) is 4.99. The van der Waals surface area contributed by atoms with E-state index in [1.807, 2.05) is 24.3 Å². The van der Waals surface area contributed by atoms with E-state index in [2.05, 4.69) is 4.98 Å². The van der Waals surface area contributed by atoms with Gasteiger partial charge in [0.2, 0.25) is 0 Å². The SMILES string of the molecule is N[C@@]1(C(=O)O)C[C@H]1c1nc2ccccc2s1. The van der Waals surface area contributed by atoms with E-state index in [9.17, 15) is 4.79 Å². The molecule has 0 amide bonds. The van der Waals surface area contributed by atoms with Gasteiger partial charge in [-0.25, -0.2) is 4.98 Å². The molecule has 1 aliphatic rings. The lowest BCUT2D eigenvalue weighted by Gasteiger charge is -2.01. The molecule has 0 radical (unpaired) electrons. The fourth-order valence-corrected chi connectivity index (χ4v) is 3.03. The molecular formula is C11H10N2O2S. The Hall–Kier alpha value is -1.46. The zero-order chi connectivity index (χ0) is 11.3. The average molecular weight is 234 g/mol. The first-order valence-corrected chi connectivity index (χ1v) is 5.80. The fraction of sp³-hybridized carbons (Fsp3) is 0.273. The molecule has 3 rings (SSSR count). The first-order chi connectivity index (χ1) is 7.61. The van der Waals surface area contributed by atoms with Gasteiger partial charge in [-0.15, -0.1) is 11.3 Å². The Morgan fingerprint density at radius 1 is 1.56 bits per heavy atom. The topological polar surface area (TPSA) is 76.2 Å². The van der Waals surface area contributed by atoms with Gasteiger partial charge in [0.25, 0.3) is 0 Å². The predicted octanol–water partition coefficient (Wildman–Crippen LogP) is 1.57. The van der Waals surface area contributed by atoms with E-state index >= 15 is 0 Å². The van der Waals surface area contributed by atoms with E-state index in [1.54, 1.807) is 0 Å². The molecule has 2 atom stereocenters. The minimum Gasteiger partial charge on any atom is -0.480 e. The lowest BCUT2D eigenvalue weighted by atomic mass is 10.2. The van der Waals surface area contributed by atoms with E-state index < -0.39 is 11.5 Å². The molecule has 1 aromatic carbocycles. The van der Waals surface area contributed by atoms with Crippen LogP contribution in [-0.2, 0) is 4.79 Å². The van der Waals surface area contributed by atoms with Gasteiger partial charge in [-0.05, 0) is 18.6 Å². The Morgan fingerprint density at radius 3 is 2.94 bits per heavy atom. The maximum atomic E-state index is 10.9. The van der Waals surface area contributed by atoms with Crippen LogP contribution in [0.1, 0.15) is 17.3 Å². The van der Waals surface area contributed by atoms with E-state index in [1.165, 1.54) is 11.3 Å². The number of carboxylic acids is 1. The molecule has 4 nitrogen and oxygen atoms in total. The second-order valence-corrected chi connectivity index (χ2v) is 5.18. The molecule has 1 fully saturated rings. The van der Waals surface area contributed by atoms with Crippen molar-refractivity contribution in [3.8, 4) is 0 Å². The highest BCUT2D eigenvalue weighted by Gasteiger charge is 2.59. The number of hydrogen-bond donors (Lipinski definition) is 2. The quantitative estimate of drug-likeness (QED) is 0.826. The predicted molar refractivity (Wildman–Crippen MR) is 61.5 cm³/mol. The Morgan fingerprint density at radius 2 is 2.31 bits per heavy atom. The van der Waals surface area contributed by atoms with Crippen LogP contribution in [0.3, 0.4) is 0 Å². The van der Waals surface area contributed by atoms with Crippen molar-refractivity contribution in [3.63, 3.8) is 0 Å². The molecule has 1 aromatic heterocycles. The summed E-state index contributed by atoms with van der Waals surface area (Å²) in [6.45, 7) is 0. The maximum Gasteiger partial charge on any atom is 0.324 e. The Kier molecular flexibility index (Phi) is 1.84. The number of thiazole rings is 1. The van der Waals surface area contributed by atoms with E-state index in [4.69, 9.17) is 10.8 Å². The fourth-order valence-electron chi connectivity index (χ4n) is 1.86. The van der Waals surface area contributed by atoms with Crippen molar-refractivity contribution in [3.05, 3.63) is 29.3 Å². The smallest absolute Gasteiger partial charge is 0.324 e. The number of carbonyl (C=O) groups is 1. The molecule has 2 aromatic rings. The molecule has 3 N–H and O–H groups in total. The van der Waals surface area contributed by atoms with Gasteiger partial charge in [0.15, 0.2) is 0 Å². The molecule has 5 heteroatoms. The number of nitrogens with zero attached hydrogens (tertiary/aromatic N) is 1. The highest BCUT2D eigenvalue weighted by Crippen LogP contribution is 2.51. The third-order valence-electron chi connectivity index (χ3n) is 3.01. The highest BCUT2D eigenvalue weighted by atomic mass is 32.1. The van der Waals surface area contributed by atoms with Gasteiger partial charge in [0, 0.05) is 5.92 Å². The van der Waals surface area contributed by atoms with E-state index in [-0.39, 0.29) is 5.92 Å². The lowest BCUT2D eigenvalue weighted by Crippen LogP contribution is -2.34. The summed E-state index contributed by atoms with van der Waals surface area (Å²) in [5, 5.41) is 9.81. The van der Waals surface area contributed by atoms with Crippen molar-refractivity contribution in [2.45, 2.75) is 17.9 Å². The van der Waals surface area contributed by atoms with Crippen molar-refractivity contribution in [1.82, 2.24) is 4.98 Å². The van der Waals surface area contributed by atoms with E-state index in [0.29, 0.717) is 6.42 Å². The largest absolute Gasteiger partial charge is 0.480 e. The van der Waals surface area contributed by atoms with Crippen molar-refractivity contribution in [1.29, 1.82) is 0 Å². The zero-order valence-electron chi connectivity index (χ0n) is 8.38. The lowest BCUT2D eigenvalue weighted by molar-refractivity contribution is -0.139. The minimum absolute atomic E-state index is 0.123. The summed E-state index contributed by atoms with van der Waals surface area (Å²) in [6.07, 6.45) is 0.488. The highest BCUT2D eigenvalue weighted by molar-refractivity contribution is 7.18. The summed E-state index contributed by atoms with van der Waals surface area (Å²) in [5.74, 6) is -1.06. The van der Waals surface area contributed by atoms with Crippen molar-refractivity contribution < 1.29 is 9.90 Å². The van der Waals surface area contributed by atoms with Gasteiger partial charge in [-0.3, -0.25) is 4.79 Å². The average Bonchev–Trinajstić information content (AvgIpc) is 2.79. The number of para-hydroxylation sites is 1. The van der Waals surface area contributed by atoms with Crippen LogP contribution in [0.25, 0.3) is 10.2 Å². The van der Waals surface area contributed by atoms with Gasteiger partial charge in [-0.1, -0.05) is 12.1 Å². The molecule has 0 bridgehead atoms. The van der Waals surface area contributed by atoms with Crippen LogP contribution in [0.5, 0.6) is 0 Å². The molecule has 1 heterocycles. The van der Waals surface area contributed by atoms with E-state index in [0.717, 1.165) is 15.2 Å². The standard InChI is InChI=1S/C11H10N2O2S/c12-11(10(14)15)5-6(11)9-13-7-3-1-2-4-8(7)16-9/h1-4,6H,5,12H2,(H,14,15)/t6-,11-/m0/s1. The minimum atomic E-state index is -1.09. The number of aromatic nitrogens is 1. The third-order valence-corrected chi connectivity index (χ3v) is 4.16. The number of rotatable bonds is 2.